The van der Waals surface area contributed by atoms with Crippen LogP contribution in [0.1, 0.15) is 46.8 Å². The van der Waals surface area contributed by atoms with Gasteiger partial charge in [0.05, 0.1) is 5.52 Å². The molecule has 6 heteroatoms. The number of imidazole rings is 1. The average molecular weight is 326 g/mol. The highest BCUT2D eigenvalue weighted by molar-refractivity contribution is 6.02. The Hall–Kier alpha value is -2.63. The zero-order chi connectivity index (χ0) is 16.9. The molecule has 3 heterocycles. The molecule has 0 spiro atoms. The molecular weight excluding hydrogens is 304 g/mol. The van der Waals surface area contributed by atoms with Crippen molar-refractivity contribution in [1.29, 1.82) is 0 Å². The Morgan fingerprint density at radius 2 is 1.96 bits per heavy atom. The minimum Gasteiger partial charge on any atom is -0.347 e. The molecule has 6 nitrogen and oxygen atoms in total. The van der Waals surface area contributed by atoms with Crippen LogP contribution in [0.15, 0.2) is 37.1 Å². The standard InChI is InChI=1S/C18H22N4O2/c1-2-10-19-17(23)15-14-9-5-8-13-22(14)16(20-15)18(24)21-11-6-3-4-7-12-21/h2,5,8-9,13H,1,3-4,6-7,10-12H2,(H,19,23). The van der Waals surface area contributed by atoms with E-state index < -0.39 is 0 Å². The van der Waals surface area contributed by atoms with Gasteiger partial charge in [-0.05, 0) is 25.0 Å². The van der Waals surface area contributed by atoms with E-state index in [0.29, 0.717) is 17.9 Å². The number of nitrogens with zero attached hydrogens (tertiary/aromatic N) is 3. The molecule has 0 aromatic carbocycles. The van der Waals surface area contributed by atoms with Crippen LogP contribution >= 0.6 is 0 Å². The van der Waals surface area contributed by atoms with Crippen molar-refractivity contribution < 1.29 is 9.59 Å². The van der Waals surface area contributed by atoms with Crippen molar-refractivity contribution in [3.8, 4) is 0 Å². The highest BCUT2D eigenvalue weighted by atomic mass is 16.2. The Labute approximate surface area is 141 Å². The van der Waals surface area contributed by atoms with Crippen LogP contribution < -0.4 is 5.32 Å². The lowest BCUT2D eigenvalue weighted by Crippen LogP contribution is -2.33. The van der Waals surface area contributed by atoms with Gasteiger partial charge in [0, 0.05) is 25.8 Å². The summed E-state index contributed by atoms with van der Waals surface area (Å²) in [4.78, 5) is 31.5. The van der Waals surface area contributed by atoms with Gasteiger partial charge in [-0.3, -0.25) is 14.0 Å². The predicted molar refractivity (Wildman–Crippen MR) is 92.1 cm³/mol. The lowest BCUT2D eigenvalue weighted by molar-refractivity contribution is 0.0748. The number of fused-ring (bicyclic) bond motifs is 1. The molecule has 2 aromatic heterocycles. The molecule has 1 aliphatic heterocycles. The van der Waals surface area contributed by atoms with Crippen LogP contribution in [0, 0.1) is 0 Å². The maximum atomic E-state index is 12.9. The molecule has 2 aromatic rings. The SMILES string of the molecule is C=CCNC(=O)c1nc(C(=O)N2CCCCCC2)n2ccccc12. The van der Waals surface area contributed by atoms with E-state index in [4.69, 9.17) is 0 Å². The molecular formula is C18H22N4O2. The normalized spacial score (nSPS) is 15.1. The van der Waals surface area contributed by atoms with Gasteiger partial charge >= 0.3 is 0 Å². The third kappa shape index (κ3) is 3.18. The Morgan fingerprint density at radius 3 is 2.67 bits per heavy atom. The maximum Gasteiger partial charge on any atom is 0.290 e. The molecule has 24 heavy (non-hydrogen) atoms. The number of amides is 2. The Balaban J connectivity index is 1.97. The first-order chi connectivity index (χ1) is 11.7. The van der Waals surface area contributed by atoms with E-state index in [2.05, 4.69) is 16.9 Å². The van der Waals surface area contributed by atoms with Crippen molar-refractivity contribution in [2.24, 2.45) is 0 Å². The fourth-order valence-electron chi connectivity index (χ4n) is 3.02. The van der Waals surface area contributed by atoms with Gasteiger partial charge in [-0.25, -0.2) is 4.98 Å². The third-order valence-corrected chi connectivity index (χ3v) is 4.25. The molecule has 126 valence electrons. The number of carbonyl (C=O) groups excluding carboxylic acids is 2. The first-order valence-corrected chi connectivity index (χ1v) is 8.38. The number of rotatable bonds is 4. The zero-order valence-corrected chi connectivity index (χ0v) is 13.7. The first-order valence-electron chi connectivity index (χ1n) is 8.38. The molecule has 1 aliphatic rings. The van der Waals surface area contributed by atoms with E-state index in [0.717, 1.165) is 38.8 Å². The monoisotopic (exact) mass is 326 g/mol. The second-order valence-electron chi connectivity index (χ2n) is 5.95. The van der Waals surface area contributed by atoms with Crippen molar-refractivity contribution in [2.45, 2.75) is 25.7 Å². The van der Waals surface area contributed by atoms with Crippen LogP contribution in [-0.4, -0.2) is 45.7 Å². The number of hydrogen-bond donors (Lipinski definition) is 1. The minimum atomic E-state index is -0.298. The summed E-state index contributed by atoms with van der Waals surface area (Å²) >= 11 is 0. The Bertz CT molecular complexity index is 757. The number of carbonyl (C=O) groups is 2. The van der Waals surface area contributed by atoms with Crippen LogP contribution in [0.25, 0.3) is 5.52 Å². The fourth-order valence-corrected chi connectivity index (χ4v) is 3.02. The summed E-state index contributed by atoms with van der Waals surface area (Å²) in [6.45, 7) is 5.45. The van der Waals surface area contributed by atoms with Gasteiger partial charge in [-0.1, -0.05) is 25.0 Å². The van der Waals surface area contributed by atoms with E-state index in [-0.39, 0.29) is 17.5 Å². The van der Waals surface area contributed by atoms with Crippen LogP contribution in [-0.2, 0) is 0 Å². The summed E-state index contributed by atoms with van der Waals surface area (Å²) in [6.07, 6.45) is 7.73. The molecule has 1 N–H and O–H groups in total. The van der Waals surface area contributed by atoms with E-state index in [1.54, 1.807) is 22.7 Å². The van der Waals surface area contributed by atoms with Gasteiger partial charge in [0.15, 0.2) is 5.69 Å². The van der Waals surface area contributed by atoms with Gasteiger partial charge in [-0.15, -0.1) is 6.58 Å². The molecule has 1 saturated heterocycles. The summed E-state index contributed by atoms with van der Waals surface area (Å²) in [5, 5.41) is 2.72. The van der Waals surface area contributed by atoms with Crippen molar-refractivity contribution >= 4 is 17.3 Å². The van der Waals surface area contributed by atoms with E-state index >= 15 is 0 Å². The zero-order valence-electron chi connectivity index (χ0n) is 13.7. The van der Waals surface area contributed by atoms with E-state index in [1.165, 1.54) is 0 Å². The van der Waals surface area contributed by atoms with E-state index in [1.807, 2.05) is 17.0 Å². The van der Waals surface area contributed by atoms with Crippen LogP contribution in [0.4, 0.5) is 0 Å². The van der Waals surface area contributed by atoms with Gasteiger partial charge in [0.1, 0.15) is 0 Å². The summed E-state index contributed by atoms with van der Waals surface area (Å²) in [5.74, 6) is -0.106. The van der Waals surface area contributed by atoms with Crippen LogP contribution in [0.3, 0.4) is 0 Å². The number of hydrogen-bond acceptors (Lipinski definition) is 3. The summed E-state index contributed by atoms with van der Waals surface area (Å²) in [7, 11) is 0. The minimum absolute atomic E-state index is 0.110. The fraction of sp³-hybridized carbons (Fsp3) is 0.389. The molecule has 3 rings (SSSR count). The van der Waals surface area contributed by atoms with Gasteiger partial charge in [0.25, 0.3) is 11.8 Å². The highest BCUT2D eigenvalue weighted by Gasteiger charge is 2.25. The Morgan fingerprint density at radius 1 is 1.21 bits per heavy atom. The summed E-state index contributed by atoms with van der Waals surface area (Å²) < 4.78 is 1.70. The van der Waals surface area contributed by atoms with Crippen molar-refractivity contribution in [2.75, 3.05) is 19.6 Å². The molecule has 1 fully saturated rings. The molecule has 0 saturated carbocycles. The molecule has 2 amide bonds. The Kier molecular flexibility index (Phi) is 4.93. The predicted octanol–water partition coefficient (Wildman–Crippen LogP) is 2.27. The number of nitrogens with one attached hydrogen (secondary N) is 1. The molecule has 0 aliphatic carbocycles. The van der Waals surface area contributed by atoms with Crippen LogP contribution in [0.2, 0.25) is 0 Å². The maximum absolute atomic E-state index is 12.9. The number of pyridine rings is 1. The summed E-state index contributed by atoms with van der Waals surface area (Å²) in [6, 6.07) is 5.47. The molecule has 0 unspecified atom stereocenters. The molecule has 0 radical (unpaired) electrons. The molecule has 0 bridgehead atoms. The smallest absolute Gasteiger partial charge is 0.290 e. The van der Waals surface area contributed by atoms with Crippen molar-refractivity contribution in [1.82, 2.24) is 19.6 Å². The van der Waals surface area contributed by atoms with Gasteiger partial charge < -0.3 is 10.2 Å². The van der Waals surface area contributed by atoms with Crippen molar-refractivity contribution in [3.05, 3.63) is 48.6 Å². The first kappa shape index (κ1) is 16.2. The third-order valence-electron chi connectivity index (χ3n) is 4.25. The number of likely N-dealkylation sites (tertiary alicyclic amines) is 1. The second-order valence-corrected chi connectivity index (χ2v) is 5.95. The number of aromatic nitrogens is 2. The van der Waals surface area contributed by atoms with E-state index in [9.17, 15) is 9.59 Å². The second kappa shape index (κ2) is 7.29. The quantitative estimate of drug-likeness (QED) is 0.877. The average Bonchev–Trinajstić information content (AvgIpc) is 2.79. The lowest BCUT2D eigenvalue weighted by Gasteiger charge is -2.19. The van der Waals surface area contributed by atoms with Gasteiger partial charge in [0.2, 0.25) is 5.82 Å². The molecule has 0 atom stereocenters. The highest BCUT2D eigenvalue weighted by Crippen LogP contribution is 2.17. The largest absolute Gasteiger partial charge is 0.347 e. The lowest BCUT2D eigenvalue weighted by atomic mass is 10.2. The van der Waals surface area contributed by atoms with Crippen molar-refractivity contribution in [3.63, 3.8) is 0 Å². The van der Waals surface area contributed by atoms with Crippen LogP contribution in [0.5, 0.6) is 0 Å². The van der Waals surface area contributed by atoms with Gasteiger partial charge in [-0.2, -0.15) is 0 Å². The summed E-state index contributed by atoms with van der Waals surface area (Å²) in [5.41, 5.74) is 0.910. The topological polar surface area (TPSA) is 66.7 Å².